The Bertz CT molecular complexity index is 581. The molecule has 1 aliphatic rings. The van der Waals surface area contributed by atoms with Crippen LogP contribution < -0.4 is 5.32 Å². The van der Waals surface area contributed by atoms with Gasteiger partial charge in [-0.1, -0.05) is 26.0 Å². The number of hydrogen-bond donors (Lipinski definition) is 1. The number of piperazine rings is 1. The lowest BCUT2D eigenvalue weighted by Crippen LogP contribution is -2.54. The predicted octanol–water partition coefficient (Wildman–Crippen LogP) is 1.67. The lowest BCUT2D eigenvalue weighted by atomic mass is 10.0. The van der Waals surface area contributed by atoms with E-state index in [0.29, 0.717) is 25.4 Å². The summed E-state index contributed by atoms with van der Waals surface area (Å²) >= 11 is 0. The smallest absolute Gasteiger partial charge is 0.245 e. The number of rotatable bonds is 6. The highest BCUT2D eigenvalue weighted by Gasteiger charge is 2.28. The number of carbonyl (C=O) groups excluding carboxylic acids is 2. The lowest BCUT2D eigenvalue weighted by Gasteiger charge is -2.35. The monoisotopic (exact) mass is 349 g/mol. The Morgan fingerprint density at radius 1 is 1.12 bits per heavy atom. The van der Waals surface area contributed by atoms with Gasteiger partial charge in [0.2, 0.25) is 11.8 Å². The zero-order valence-electron chi connectivity index (χ0n) is 15.3. The summed E-state index contributed by atoms with van der Waals surface area (Å²) in [5.41, 5.74) is 0.731. The predicted molar refractivity (Wildman–Crippen MR) is 95.6 cm³/mol. The maximum absolute atomic E-state index is 13.0. The summed E-state index contributed by atoms with van der Waals surface area (Å²) in [4.78, 5) is 29.2. The summed E-state index contributed by atoms with van der Waals surface area (Å²) in [5, 5.41) is 2.88. The van der Waals surface area contributed by atoms with E-state index in [1.807, 2.05) is 25.8 Å². The van der Waals surface area contributed by atoms with Gasteiger partial charge in [0.25, 0.3) is 0 Å². The number of benzene rings is 1. The van der Waals surface area contributed by atoms with Crippen LogP contribution in [0.25, 0.3) is 0 Å². The van der Waals surface area contributed by atoms with Crippen molar-refractivity contribution in [3.8, 4) is 0 Å². The van der Waals surface area contributed by atoms with Crippen molar-refractivity contribution in [2.75, 3.05) is 33.2 Å². The Morgan fingerprint density at radius 3 is 2.28 bits per heavy atom. The topological polar surface area (TPSA) is 52.7 Å². The standard InChI is InChI=1S/C19H28FN3O2/c1-14(2)12-17(19(25)23-10-8-22(3)9-11-23)21-18(24)13-15-4-6-16(20)7-5-15/h4-7,14,17H,8-13H2,1-3H3,(H,21,24)/t17-/m1/s1. The summed E-state index contributed by atoms with van der Waals surface area (Å²) in [5.74, 6) is -0.242. The molecule has 0 radical (unpaired) electrons. The fourth-order valence-corrected chi connectivity index (χ4v) is 2.97. The normalized spacial score (nSPS) is 16.8. The van der Waals surface area contributed by atoms with Gasteiger partial charge in [-0.25, -0.2) is 4.39 Å². The molecule has 1 N–H and O–H groups in total. The van der Waals surface area contributed by atoms with E-state index in [-0.39, 0.29) is 24.1 Å². The minimum atomic E-state index is -0.503. The van der Waals surface area contributed by atoms with Crippen molar-refractivity contribution in [2.45, 2.75) is 32.7 Å². The summed E-state index contributed by atoms with van der Waals surface area (Å²) in [7, 11) is 2.04. The molecule has 2 rings (SSSR count). The Morgan fingerprint density at radius 2 is 1.72 bits per heavy atom. The van der Waals surface area contributed by atoms with Crippen molar-refractivity contribution in [1.29, 1.82) is 0 Å². The van der Waals surface area contributed by atoms with Crippen LogP contribution in [0, 0.1) is 11.7 Å². The molecule has 1 fully saturated rings. The highest BCUT2D eigenvalue weighted by molar-refractivity contribution is 5.88. The number of carbonyl (C=O) groups is 2. The lowest BCUT2D eigenvalue weighted by molar-refractivity contribution is -0.138. The van der Waals surface area contributed by atoms with Gasteiger partial charge in [0.05, 0.1) is 6.42 Å². The first-order chi connectivity index (χ1) is 11.8. The van der Waals surface area contributed by atoms with E-state index in [0.717, 1.165) is 18.7 Å². The van der Waals surface area contributed by atoms with Crippen LogP contribution in [-0.2, 0) is 16.0 Å². The maximum Gasteiger partial charge on any atom is 0.245 e. The van der Waals surface area contributed by atoms with Gasteiger partial charge < -0.3 is 15.1 Å². The summed E-state index contributed by atoms with van der Waals surface area (Å²) in [6.45, 7) is 7.16. The molecule has 5 nitrogen and oxygen atoms in total. The van der Waals surface area contributed by atoms with Gasteiger partial charge in [-0.05, 0) is 37.1 Å². The van der Waals surface area contributed by atoms with E-state index in [2.05, 4.69) is 10.2 Å². The number of halogens is 1. The molecule has 0 unspecified atom stereocenters. The zero-order valence-corrected chi connectivity index (χ0v) is 15.3. The third-order valence-corrected chi connectivity index (χ3v) is 4.43. The van der Waals surface area contributed by atoms with Crippen molar-refractivity contribution in [3.05, 3.63) is 35.6 Å². The molecule has 25 heavy (non-hydrogen) atoms. The second-order valence-electron chi connectivity index (χ2n) is 7.18. The van der Waals surface area contributed by atoms with E-state index in [1.165, 1.54) is 12.1 Å². The first-order valence-electron chi connectivity index (χ1n) is 8.86. The molecular weight excluding hydrogens is 321 g/mol. The maximum atomic E-state index is 13.0. The molecule has 0 saturated carbocycles. The minimum Gasteiger partial charge on any atom is -0.344 e. The van der Waals surface area contributed by atoms with Gasteiger partial charge in [-0.3, -0.25) is 9.59 Å². The fourth-order valence-electron chi connectivity index (χ4n) is 2.97. The van der Waals surface area contributed by atoms with Gasteiger partial charge in [0.1, 0.15) is 11.9 Å². The molecule has 1 atom stereocenters. The molecule has 1 saturated heterocycles. The van der Waals surface area contributed by atoms with Crippen LogP contribution >= 0.6 is 0 Å². The third kappa shape index (κ3) is 6.12. The fraction of sp³-hybridized carbons (Fsp3) is 0.579. The van der Waals surface area contributed by atoms with E-state index in [4.69, 9.17) is 0 Å². The number of likely N-dealkylation sites (N-methyl/N-ethyl adjacent to an activating group) is 1. The van der Waals surface area contributed by atoms with E-state index in [1.54, 1.807) is 12.1 Å². The highest BCUT2D eigenvalue weighted by atomic mass is 19.1. The first kappa shape index (κ1) is 19.4. The Labute approximate surface area is 149 Å². The SMILES string of the molecule is CC(C)C[C@@H](NC(=O)Cc1ccc(F)cc1)C(=O)N1CCN(C)CC1. The van der Waals surface area contributed by atoms with Crippen molar-refractivity contribution >= 4 is 11.8 Å². The summed E-state index contributed by atoms with van der Waals surface area (Å²) in [6, 6.07) is 5.35. The van der Waals surface area contributed by atoms with Crippen LogP contribution in [0.15, 0.2) is 24.3 Å². The van der Waals surface area contributed by atoms with Gasteiger partial charge in [0.15, 0.2) is 0 Å². The number of nitrogens with zero attached hydrogens (tertiary/aromatic N) is 2. The van der Waals surface area contributed by atoms with Gasteiger partial charge in [0, 0.05) is 26.2 Å². The van der Waals surface area contributed by atoms with Crippen LogP contribution in [0.4, 0.5) is 4.39 Å². The Kier molecular flexibility index (Phi) is 6.93. The molecule has 1 heterocycles. The van der Waals surface area contributed by atoms with Crippen LogP contribution in [0.2, 0.25) is 0 Å². The van der Waals surface area contributed by atoms with Crippen LogP contribution in [0.1, 0.15) is 25.8 Å². The second kappa shape index (κ2) is 8.94. The first-order valence-corrected chi connectivity index (χ1v) is 8.86. The van der Waals surface area contributed by atoms with Crippen LogP contribution in [-0.4, -0.2) is 60.9 Å². The summed E-state index contributed by atoms with van der Waals surface area (Å²) in [6.07, 6.45) is 0.755. The molecule has 2 amide bonds. The van der Waals surface area contributed by atoms with Crippen molar-refractivity contribution < 1.29 is 14.0 Å². The average Bonchev–Trinajstić information content (AvgIpc) is 2.56. The van der Waals surface area contributed by atoms with E-state index < -0.39 is 6.04 Å². The Balaban J connectivity index is 1.97. The molecule has 0 aromatic heterocycles. The largest absolute Gasteiger partial charge is 0.344 e. The number of nitrogens with one attached hydrogen (secondary N) is 1. The van der Waals surface area contributed by atoms with Gasteiger partial charge in [-0.2, -0.15) is 0 Å². The van der Waals surface area contributed by atoms with Crippen molar-refractivity contribution in [2.24, 2.45) is 5.92 Å². The van der Waals surface area contributed by atoms with Gasteiger partial charge >= 0.3 is 0 Å². The van der Waals surface area contributed by atoms with Gasteiger partial charge in [-0.15, -0.1) is 0 Å². The average molecular weight is 349 g/mol. The number of amides is 2. The molecule has 1 aromatic carbocycles. The number of hydrogen-bond acceptors (Lipinski definition) is 3. The quantitative estimate of drug-likeness (QED) is 0.850. The van der Waals surface area contributed by atoms with E-state index in [9.17, 15) is 14.0 Å². The molecule has 1 aromatic rings. The van der Waals surface area contributed by atoms with Crippen LogP contribution in [0.5, 0.6) is 0 Å². The van der Waals surface area contributed by atoms with E-state index >= 15 is 0 Å². The second-order valence-corrected chi connectivity index (χ2v) is 7.18. The molecule has 0 spiro atoms. The highest BCUT2D eigenvalue weighted by Crippen LogP contribution is 2.11. The summed E-state index contributed by atoms with van der Waals surface area (Å²) < 4.78 is 13.0. The Hall–Kier alpha value is -1.95. The molecule has 1 aliphatic heterocycles. The zero-order chi connectivity index (χ0) is 18.4. The molecule has 138 valence electrons. The molecule has 0 aliphatic carbocycles. The molecule has 0 bridgehead atoms. The molecule has 6 heteroatoms. The van der Waals surface area contributed by atoms with Crippen LogP contribution in [0.3, 0.4) is 0 Å². The molecular formula is C19H28FN3O2. The minimum absolute atomic E-state index is 0.00532. The van der Waals surface area contributed by atoms with Crippen molar-refractivity contribution in [1.82, 2.24) is 15.1 Å². The third-order valence-electron chi connectivity index (χ3n) is 4.43. The van der Waals surface area contributed by atoms with Crippen molar-refractivity contribution in [3.63, 3.8) is 0 Å².